The minimum Gasteiger partial charge on any atom is -0.315 e. The van der Waals surface area contributed by atoms with Crippen LogP contribution in [0, 0.1) is 5.41 Å². The number of hydrogen-bond donors (Lipinski definition) is 1. The van der Waals surface area contributed by atoms with Gasteiger partial charge in [-0.25, -0.2) is 0 Å². The molecule has 1 heterocycles. The second-order valence-electron chi connectivity index (χ2n) is 6.14. The van der Waals surface area contributed by atoms with Gasteiger partial charge < -0.3 is 5.32 Å². The average molecular weight is 226 g/mol. The molecule has 1 unspecified atom stereocenters. The summed E-state index contributed by atoms with van der Waals surface area (Å²) in [6.45, 7) is 14.3. The average Bonchev–Trinajstić information content (AvgIpc) is 2.22. The molecule has 0 bridgehead atoms. The number of rotatable bonds is 6. The van der Waals surface area contributed by atoms with E-state index in [-0.39, 0.29) is 0 Å². The first-order chi connectivity index (χ1) is 7.55. The zero-order chi connectivity index (χ0) is 12.0. The predicted octanol–water partition coefficient (Wildman–Crippen LogP) is 2.89. The van der Waals surface area contributed by atoms with Gasteiger partial charge in [-0.1, -0.05) is 27.2 Å². The molecule has 0 spiro atoms. The lowest BCUT2D eigenvalue weighted by Gasteiger charge is -2.41. The summed E-state index contributed by atoms with van der Waals surface area (Å²) in [4.78, 5) is 2.66. The van der Waals surface area contributed by atoms with E-state index in [2.05, 4.69) is 37.9 Å². The fourth-order valence-electron chi connectivity index (χ4n) is 2.59. The zero-order valence-electron chi connectivity index (χ0n) is 11.7. The lowest BCUT2D eigenvalue weighted by molar-refractivity contribution is 0.0843. The Morgan fingerprint density at radius 1 is 1.38 bits per heavy atom. The molecule has 0 aromatic carbocycles. The smallest absolute Gasteiger partial charge is 0.0192 e. The first kappa shape index (κ1) is 14.0. The van der Waals surface area contributed by atoms with E-state index >= 15 is 0 Å². The van der Waals surface area contributed by atoms with Crippen molar-refractivity contribution in [2.24, 2.45) is 5.41 Å². The third kappa shape index (κ3) is 4.84. The van der Waals surface area contributed by atoms with Gasteiger partial charge in [-0.15, -0.1) is 0 Å². The van der Waals surface area contributed by atoms with Crippen LogP contribution in [-0.2, 0) is 0 Å². The Hall–Kier alpha value is -0.0800. The topological polar surface area (TPSA) is 15.3 Å². The van der Waals surface area contributed by atoms with Crippen molar-refractivity contribution in [1.82, 2.24) is 10.2 Å². The lowest BCUT2D eigenvalue weighted by Crippen LogP contribution is -2.48. The summed E-state index contributed by atoms with van der Waals surface area (Å²) in [7, 11) is 0. The number of nitrogens with zero attached hydrogens (tertiary/aromatic N) is 1. The molecule has 0 radical (unpaired) electrons. The summed E-state index contributed by atoms with van der Waals surface area (Å²) >= 11 is 0. The second-order valence-corrected chi connectivity index (χ2v) is 6.14. The van der Waals surface area contributed by atoms with Crippen molar-refractivity contribution in [3.8, 4) is 0 Å². The quantitative estimate of drug-likeness (QED) is 0.701. The molecular formula is C14H30N2. The molecule has 1 saturated heterocycles. The second kappa shape index (κ2) is 6.61. The van der Waals surface area contributed by atoms with Crippen molar-refractivity contribution in [1.29, 1.82) is 0 Å². The molecule has 1 atom stereocenters. The van der Waals surface area contributed by atoms with Crippen molar-refractivity contribution in [3.05, 3.63) is 0 Å². The highest BCUT2D eigenvalue weighted by molar-refractivity contribution is 4.83. The van der Waals surface area contributed by atoms with Gasteiger partial charge in [0.2, 0.25) is 0 Å². The van der Waals surface area contributed by atoms with Gasteiger partial charge in [0, 0.05) is 19.1 Å². The lowest BCUT2D eigenvalue weighted by atomic mass is 9.83. The van der Waals surface area contributed by atoms with E-state index in [1.807, 2.05) is 0 Å². The van der Waals surface area contributed by atoms with Crippen LogP contribution < -0.4 is 5.32 Å². The highest BCUT2D eigenvalue weighted by atomic mass is 15.2. The Balaban J connectivity index is 2.22. The Labute approximate surface area is 102 Å². The minimum absolute atomic E-state index is 0.524. The summed E-state index contributed by atoms with van der Waals surface area (Å²) in [5.74, 6) is 0. The van der Waals surface area contributed by atoms with E-state index in [9.17, 15) is 0 Å². The van der Waals surface area contributed by atoms with E-state index in [0.717, 1.165) is 6.54 Å². The minimum atomic E-state index is 0.524. The van der Waals surface area contributed by atoms with Crippen molar-refractivity contribution in [3.63, 3.8) is 0 Å². The molecule has 2 nitrogen and oxygen atoms in total. The number of hydrogen-bond acceptors (Lipinski definition) is 2. The predicted molar refractivity (Wildman–Crippen MR) is 71.8 cm³/mol. The maximum absolute atomic E-state index is 3.57. The van der Waals surface area contributed by atoms with Crippen molar-refractivity contribution >= 4 is 0 Å². The summed E-state index contributed by atoms with van der Waals surface area (Å²) in [6.07, 6.45) is 5.35. The van der Waals surface area contributed by atoms with Crippen LogP contribution >= 0.6 is 0 Å². The highest BCUT2D eigenvalue weighted by Gasteiger charge is 2.28. The Bertz CT molecular complexity index is 189. The van der Waals surface area contributed by atoms with Crippen molar-refractivity contribution in [2.75, 3.05) is 26.2 Å². The monoisotopic (exact) mass is 226 g/mol. The third-order valence-electron chi connectivity index (χ3n) is 3.70. The number of piperidine rings is 1. The maximum Gasteiger partial charge on any atom is 0.0192 e. The van der Waals surface area contributed by atoms with E-state index in [1.54, 1.807) is 0 Å². The van der Waals surface area contributed by atoms with Crippen LogP contribution in [-0.4, -0.2) is 37.1 Å². The van der Waals surface area contributed by atoms with Gasteiger partial charge in [-0.3, -0.25) is 4.90 Å². The number of nitrogens with one attached hydrogen (secondary N) is 1. The summed E-state index contributed by atoms with van der Waals surface area (Å²) < 4.78 is 0. The summed E-state index contributed by atoms with van der Waals surface area (Å²) in [5, 5.41) is 3.57. The van der Waals surface area contributed by atoms with Crippen LogP contribution in [0.2, 0.25) is 0 Å². The Kier molecular flexibility index (Phi) is 5.77. The highest BCUT2D eigenvalue weighted by Crippen LogP contribution is 2.29. The molecule has 1 aliphatic heterocycles. The van der Waals surface area contributed by atoms with Gasteiger partial charge in [0.1, 0.15) is 0 Å². The van der Waals surface area contributed by atoms with Gasteiger partial charge >= 0.3 is 0 Å². The normalized spacial score (nSPS) is 23.2. The fraction of sp³-hybridized carbons (Fsp3) is 1.00. The number of unbranched alkanes of at least 4 members (excludes halogenated alkanes) is 1. The molecule has 1 N–H and O–H groups in total. The SMILES string of the molecule is CCCCNCC(C)N1CCCC(C)(C)C1. The van der Waals surface area contributed by atoms with Gasteiger partial charge in [0.25, 0.3) is 0 Å². The fourth-order valence-corrected chi connectivity index (χ4v) is 2.59. The molecule has 1 aliphatic rings. The van der Waals surface area contributed by atoms with E-state index < -0.39 is 0 Å². The van der Waals surface area contributed by atoms with Crippen LogP contribution in [0.15, 0.2) is 0 Å². The van der Waals surface area contributed by atoms with Gasteiger partial charge in [-0.05, 0) is 44.7 Å². The van der Waals surface area contributed by atoms with Crippen LogP contribution in [0.4, 0.5) is 0 Å². The van der Waals surface area contributed by atoms with Crippen LogP contribution in [0.5, 0.6) is 0 Å². The van der Waals surface area contributed by atoms with Gasteiger partial charge in [0.05, 0.1) is 0 Å². The molecule has 0 aromatic heterocycles. The van der Waals surface area contributed by atoms with Crippen LogP contribution in [0.3, 0.4) is 0 Å². The standard InChI is InChI=1S/C14H30N2/c1-5-6-9-15-11-13(2)16-10-7-8-14(3,4)12-16/h13,15H,5-12H2,1-4H3. The molecule has 0 saturated carbocycles. The van der Waals surface area contributed by atoms with E-state index in [0.29, 0.717) is 11.5 Å². The summed E-state index contributed by atoms with van der Waals surface area (Å²) in [6, 6.07) is 0.691. The first-order valence-electron chi connectivity index (χ1n) is 7.00. The van der Waals surface area contributed by atoms with Crippen molar-refractivity contribution < 1.29 is 0 Å². The van der Waals surface area contributed by atoms with E-state index in [4.69, 9.17) is 0 Å². The largest absolute Gasteiger partial charge is 0.315 e. The molecule has 0 amide bonds. The first-order valence-corrected chi connectivity index (χ1v) is 7.00. The molecule has 1 rings (SSSR count). The molecule has 1 fully saturated rings. The Morgan fingerprint density at radius 2 is 2.12 bits per heavy atom. The maximum atomic E-state index is 3.57. The van der Waals surface area contributed by atoms with Gasteiger partial charge in [0.15, 0.2) is 0 Å². The molecule has 2 heteroatoms. The third-order valence-corrected chi connectivity index (χ3v) is 3.70. The molecule has 96 valence electrons. The van der Waals surface area contributed by atoms with Crippen LogP contribution in [0.25, 0.3) is 0 Å². The molecule has 0 aromatic rings. The van der Waals surface area contributed by atoms with E-state index in [1.165, 1.54) is 45.3 Å². The van der Waals surface area contributed by atoms with Crippen LogP contribution in [0.1, 0.15) is 53.4 Å². The van der Waals surface area contributed by atoms with Crippen molar-refractivity contribution in [2.45, 2.75) is 59.4 Å². The molecule has 16 heavy (non-hydrogen) atoms. The van der Waals surface area contributed by atoms with Gasteiger partial charge in [-0.2, -0.15) is 0 Å². The summed E-state index contributed by atoms with van der Waals surface area (Å²) in [5.41, 5.74) is 0.524. The molecule has 0 aliphatic carbocycles. The zero-order valence-corrected chi connectivity index (χ0v) is 11.7. The number of likely N-dealkylation sites (tertiary alicyclic amines) is 1. The Morgan fingerprint density at radius 3 is 2.75 bits per heavy atom. The molecular weight excluding hydrogens is 196 g/mol.